The van der Waals surface area contributed by atoms with Gasteiger partial charge in [0.2, 0.25) is 5.95 Å². The molecule has 5 heteroatoms. The summed E-state index contributed by atoms with van der Waals surface area (Å²) >= 11 is 0. The second-order valence-electron chi connectivity index (χ2n) is 11.0. The van der Waals surface area contributed by atoms with Crippen molar-refractivity contribution in [2.75, 3.05) is 0 Å². The fraction of sp³-hybridized carbons (Fsp3) is 0. The minimum absolute atomic E-state index is 0.646. The average Bonchev–Trinajstić information content (AvgIpc) is 3.57. The van der Waals surface area contributed by atoms with E-state index in [2.05, 4.69) is 106 Å². The summed E-state index contributed by atoms with van der Waals surface area (Å²) in [5.41, 5.74) is 8.38. The molecule has 43 heavy (non-hydrogen) atoms. The number of nitrogens with zero attached hydrogens (tertiary/aromatic N) is 4. The molecular formula is C38H22N4O. The van der Waals surface area contributed by atoms with Gasteiger partial charge < -0.3 is 9.30 Å². The molecule has 0 spiro atoms. The normalized spacial score (nSPS) is 12.4. The number of fused-ring (bicyclic) bond motifs is 8. The Morgan fingerprint density at radius 1 is 0.465 bits per heavy atom. The lowest BCUT2D eigenvalue weighted by Crippen LogP contribution is -2.06. The Morgan fingerprint density at radius 3 is 1.84 bits per heavy atom. The van der Waals surface area contributed by atoms with Crippen LogP contribution in [0.25, 0.3) is 77.4 Å². The second kappa shape index (κ2) is 8.30. The molecule has 3 aromatic heterocycles. The molecule has 4 heterocycles. The molecule has 0 radical (unpaired) electrons. The Labute approximate surface area is 245 Å². The topological polar surface area (TPSA) is 44.9 Å². The fourth-order valence-electron chi connectivity index (χ4n) is 6.91. The van der Waals surface area contributed by atoms with E-state index in [9.17, 15) is 0 Å². The fourth-order valence-corrected chi connectivity index (χ4v) is 6.91. The Morgan fingerprint density at radius 2 is 1.07 bits per heavy atom. The smallest absolute Gasteiger partial charge is 0.235 e. The summed E-state index contributed by atoms with van der Waals surface area (Å²) in [5, 5.41) is 5.77. The van der Waals surface area contributed by atoms with Gasteiger partial charge in [0.1, 0.15) is 11.5 Å². The summed E-state index contributed by atoms with van der Waals surface area (Å²) in [4.78, 5) is 10.4. The molecule has 0 bridgehead atoms. The minimum atomic E-state index is 0.646. The molecule has 0 amide bonds. The number of benzene rings is 6. The molecule has 0 aliphatic carbocycles. The monoisotopic (exact) mass is 550 g/mol. The summed E-state index contributed by atoms with van der Waals surface area (Å²) in [6.45, 7) is 0. The highest BCUT2D eigenvalue weighted by Gasteiger charge is 2.24. The quantitative estimate of drug-likeness (QED) is 0.215. The number of para-hydroxylation sites is 4. The number of hydrogen-bond acceptors (Lipinski definition) is 3. The molecule has 0 saturated heterocycles. The Balaban J connectivity index is 1.27. The van der Waals surface area contributed by atoms with Crippen LogP contribution in [-0.4, -0.2) is 19.1 Å². The van der Waals surface area contributed by atoms with Crippen molar-refractivity contribution in [3.05, 3.63) is 133 Å². The van der Waals surface area contributed by atoms with E-state index in [0.717, 1.165) is 61.2 Å². The van der Waals surface area contributed by atoms with Crippen LogP contribution in [0.1, 0.15) is 0 Å². The zero-order chi connectivity index (χ0) is 28.1. The zero-order valence-corrected chi connectivity index (χ0v) is 22.9. The van der Waals surface area contributed by atoms with Crippen LogP contribution >= 0.6 is 0 Å². The van der Waals surface area contributed by atoms with Crippen molar-refractivity contribution in [1.29, 1.82) is 0 Å². The first-order valence-corrected chi connectivity index (χ1v) is 14.4. The van der Waals surface area contributed by atoms with Crippen LogP contribution in [-0.2, 0) is 0 Å². The van der Waals surface area contributed by atoms with Gasteiger partial charge in [-0.25, -0.2) is 9.97 Å². The van der Waals surface area contributed by atoms with Crippen molar-refractivity contribution >= 4 is 54.5 Å². The van der Waals surface area contributed by atoms with Gasteiger partial charge in [0.05, 0.1) is 38.7 Å². The highest BCUT2D eigenvalue weighted by molar-refractivity contribution is 6.12. The summed E-state index contributed by atoms with van der Waals surface area (Å²) in [6, 6.07) is 46.6. The van der Waals surface area contributed by atoms with Crippen LogP contribution in [0.4, 0.5) is 0 Å². The van der Waals surface area contributed by atoms with Gasteiger partial charge in [0.25, 0.3) is 0 Å². The SMILES string of the molecule is c1ccc2c(c1)Oc1cccc3nc(-n4c5ccccc5c5cc(-n6c7ccccc7c7ccccc76)ccc54)nc-2c13. The van der Waals surface area contributed by atoms with Crippen molar-refractivity contribution in [3.63, 3.8) is 0 Å². The van der Waals surface area contributed by atoms with Crippen LogP contribution in [0.5, 0.6) is 11.5 Å². The Kier molecular flexibility index (Phi) is 4.39. The molecule has 1 aliphatic heterocycles. The molecule has 6 aromatic carbocycles. The predicted molar refractivity (Wildman–Crippen MR) is 174 cm³/mol. The summed E-state index contributed by atoms with van der Waals surface area (Å²) < 4.78 is 10.8. The van der Waals surface area contributed by atoms with Gasteiger partial charge in [-0.1, -0.05) is 72.8 Å². The van der Waals surface area contributed by atoms with E-state index < -0.39 is 0 Å². The van der Waals surface area contributed by atoms with Crippen LogP contribution in [0.15, 0.2) is 133 Å². The predicted octanol–water partition coefficient (Wildman–Crippen LogP) is 9.60. The summed E-state index contributed by atoms with van der Waals surface area (Å²) in [7, 11) is 0. The van der Waals surface area contributed by atoms with E-state index in [-0.39, 0.29) is 0 Å². The maximum atomic E-state index is 6.24. The van der Waals surface area contributed by atoms with Gasteiger partial charge in [-0.15, -0.1) is 0 Å². The first kappa shape index (κ1) is 22.7. The third-order valence-electron chi connectivity index (χ3n) is 8.73. The number of aromatic nitrogens is 4. The van der Waals surface area contributed by atoms with E-state index in [1.54, 1.807) is 0 Å². The van der Waals surface area contributed by atoms with E-state index in [1.165, 1.54) is 21.8 Å². The molecular weight excluding hydrogens is 528 g/mol. The first-order valence-electron chi connectivity index (χ1n) is 14.4. The number of ether oxygens (including phenoxy) is 1. The van der Waals surface area contributed by atoms with Crippen molar-refractivity contribution in [1.82, 2.24) is 19.1 Å². The molecule has 0 unspecified atom stereocenters. The van der Waals surface area contributed by atoms with Crippen molar-refractivity contribution in [2.45, 2.75) is 0 Å². The summed E-state index contributed by atoms with van der Waals surface area (Å²) in [6.07, 6.45) is 0. The molecule has 0 atom stereocenters. The third-order valence-corrected chi connectivity index (χ3v) is 8.73. The number of rotatable bonds is 2. The van der Waals surface area contributed by atoms with E-state index in [1.807, 2.05) is 36.4 Å². The van der Waals surface area contributed by atoms with Crippen molar-refractivity contribution in [3.8, 4) is 34.4 Å². The van der Waals surface area contributed by atoms with E-state index in [4.69, 9.17) is 14.7 Å². The van der Waals surface area contributed by atoms with E-state index >= 15 is 0 Å². The lowest BCUT2D eigenvalue weighted by Gasteiger charge is -2.20. The molecule has 0 fully saturated rings. The van der Waals surface area contributed by atoms with Crippen molar-refractivity contribution in [2.24, 2.45) is 0 Å². The minimum Gasteiger partial charge on any atom is -0.456 e. The van der Waals surface area contributed by atoms with Gasteiger partial charge >= 0.3 is 0 Å². The van der Waals surface area contributed by atoms with Gasteiger partial charge in [0.15, 0.2) is 0 Å². The van der Waals surface area contributed by atoms with Crippen LogP contribution in [0.3, 0.4) is 0 Å². The molecule has 5 nitrogen and oxygen atoms in total. The first-order chi connectivity index (χ1) is 21.3. The third kappa shape index (κ3) is 3.05. The van der Waals surface area contributed by atoms with Crippen LogP contribution < -0.4 is 4.74 Å². The maximum absolute atomic E-state index is 6.24. The molecule has 10 rings (SSSR count). The molecule has 9 aromatic rings. The molecule has 1 aliphatic rings. The summed E-state index contributed by atoms with van der Waals surface area (Å²) in [5.74, 6) is 2.24. The Hall–Kier alpha value is -5.94. The molecule has 200 valence electrons. The maximum Gasteiger partial charge on any atom is 0.235 e. The molecule has 0 N–H and O–H groups in total. The number of hydrogen-bond donors (Lipinski definition) is 0. The highest BCUT2D eigenvalue weighted by atomic mass is 16.5. The van der Waals surface area contributed by atoms with E-state index in [0.29, 0.717) is 5.95 Å². The highest BCUT2D eigenvalue weighted by Crippen LogP contribution is 2.45. The second-order valence-corrected chi connectivity index (χ2v) is 11.0. The lowest BCUT2D eigenvalue weighted by molar-refractivity contribution is 0.486. The largest absolute Gasteiger partial charge is 0.456 e. The van der Waals surface area contributed by atoms with Gasteiger partial charge in [-0.05, 0) is 60.7 Å². The van der Waals surface area contributed by atoms with Crippen LogP contribution in [0, 0.1) is 0 Å². The van der Waals surface area contributed by atoms with Gasteiger partial charge in [0, 0.05) is 32.8 Å². The molecule has 0 saturated carbocycles. The van der Waals surface area contributed by atoms with Gasteiger partial charge in [-0.2, -0.15) is 0 Å². The lowest BCUT2D eigenvalue weighted by atomic mass is 10.0. The Bertz CT molecular complexity index is 2560. The van der Waals surface area contributed by atoms with Crippen LogP contribution in [0.2, 0.25) is 0 Å². The van der Waals surface area contributed by atoms with Gasteiger partial charge in [-0.3, -0.25) is 4.57 Å². The van der Waals surface area contributed by atoms with Crippen molar-refractivity contribution < 1.29 is 4.74 Å². The zero-order valence-electron chi connectivity index (χ0n) is 22.9. The average molecular weight is 551 g/mol. The standard InChI is InChI=1S/C38H22N4O/c1-5-15-30-24(10-1)25-11-2-6-16-31(25)41(30)23-20-21-33-28(22-23)26-12-3-7-17-32(26)42(33)38-39-29-14-9-19-35-36(29)37(40-38)27-13-4-8-18-34(27)43-35/h1-22H.